The molecule has 2 rings (SSSR count). The van der Waals surface area contributed by atoms with E-state index in [-0.39, 0.29) is 35.0 Å². The van der Waals surface area contributed by atoms with E-state index in [1.807, 2.05) is 6.92 Å². The molecule has 0 saturated carbocycles. The average Bonchev–Trinajstić information content (AvgIpc) is 2.58. The Morgan fingerprint density at radius 1 is 1.12 bits per heavy atom. The van der Waals surface area contributed by atoms with Crippen LogP contribution in [0.2, 0.25) is 0 Å². The summed E-state index contributed by atoms with van der Waals surface area (Å²) < 4.78 is 29.9. The number of ether oxygens (including phenoxy) is 1. The summed E-state index contributed by atoms with van der Waals surface area (Å²) in [7, 11) is -3.37. The second-order valence-electron chi connectivity index (χ2n) is 5.50. The Hall–Kier alpha value is -2.54. The van der Waals surface area contributed by atoms with E-state index in [1.54, 1.807) is 24.3 Å². The van der Waals surface area contributed by atoms with Crippen molar-refractivity contribution in [2.45, 2.75) is 24.7 Å². The van der Waals surface area contributed by atoms with E-state index in [0.717, 1.165) is 12.0 Å². The van der Waals surface area contributed by atoms with Gasteiger partial charge in [-0.05, 0) is 42.7 Å². The predicted octanol–water partition coefficient (Wildman–Crippen LogP) is 2.90. The van der Waals surface area contributed by atoms with Gasteiger partial charge in [-0.1, -0.05) is 19.1 Å². The summed E-state index contributed by atoms with van der Waals surface area (Å²) in [6.45, 7) is 2.14. The normalized spacial score (nSPS) is 11.2. The van der Waals surface area contributed by atoms with Crippen molar-refractivity contribution in [3.05, 3.63) is 53.6 Å². The van der Waals surface area contributed by atoms with Crippen LogP contribution in [0.4, 0.5) is 0 Å². The van der Waals surface area contributed by atoms with E-state index in [2.05, 4.69) is 0 Å². The first-order chi connectivity index (χ1) is 11.8. The van der Waals surface area contributed by atoms with E-state index >= 15 is 0 Å². The molecule has 0 heterocycles. The molecule has 0 aliphatic rings. The Labute approximate surface area is 146 Å². The van der Waals surface area contributed by atoms with Crippen LogP contribution in [0.5, 0.6) is 11.5 Å². The van der Waals surface area contributed by atoms with E-state index < -0.39 is 21.6 Å². The molecule has 0 radical (unpaired) electrons. The molecule has 0 aromatic heterocycles. The molecule has 0 bridgehead atoms. The third-order valence-electron chi connectivity index (χ3n) is 3.72. The summed E-state index contributed by atoms with van der Waals surface area (Å²) in [5.74, 6) is -1.40. The van der Waals surface area contributed by atoms with Crippen LogP contribution < -0.4 is 4.74 Å². The van der Waals surface area contributed by atoms with Gasteiger partial charge in [-0.2, -0.15) is 0 Å². The van der Waals surface area contributed by atoms with Crippen LogP contribution >= 0.6 is 0 Å². The number of hydrogen-bond donors (Lipinski definition) is 2. The highest BCUT2D eigenvalue weighted by Crippen LogP contribution is 2.23. The van der Waals surface area contributed by atoms with Gasteiger partial charge >= 0.3 is 5.97 Å². The number of sulfone groups is 1. The lowest BCUT2D eigenvalue weighted by Gasteiger charge is -2.09. The number of benzene rings is 2. The summed E-state index contributed by atoms with van der Waals surface area (Å²) in [4.78, 5) is 11.1. The zero-order chi connectivity index (χ0) is 18.4. The van der Waals surface area contributed by atoms with E-state index in [1.165, 1.54) is 18.2 Å². The second-order valence-corrected chi connectivity index (χ2v) is 7.61. The van der Waals surface area contributed by atoms with Gasteiger partial charge < -0.3 is 14.9 Å². The highest BCUT2D eigenvalue weighted by molar-refractivity contribution is 7.91. The summed E-state index contributed by atoms with van der Waals surface area (Å²) in [5.41, 5.74) is 0.859. The average molecular weight is 364 g/mol. The van der Waals surface area contributed by atoms with Crippen LogP contribution in [-0.2, 0) is 16.3 Å². The van der Waals surface area contributed by atoms with Crippen molar-refractivity contribution in [3.63, 3.8) is 0 Å². The number of aromatic carboxylic acids is 1. The van der Waals surface area contributed by atoms with Crippen LogP contribution in [0.25, 0.3) is 0 Å². The number of phenols is 1. The Morgan fingerprint density at radius 2 is 1.80 bits per heavy atom. The quantitative estimate of drug-likeness (QED) is 0.699. The first-order valence-corrected chi connectivity index (χ1v) is 9.49. The number of carboxylic acids is 1. The topological polar surface area (TPSA) is 101 Å². The van der Waals surface area contributed by atoms with Crippen molar-refractivity contribution < 1.29 is 28.2 Å². The molecule has 0 fully saturated rings. The third kappa shape index (κ3) is 4.96. The van der Waals surface area contributed by atoms with E-state index in [9.17, 15) is 18.3 Å². The molecule has 2 N–H and O–H groups in total. The zero-order valence-corrected chi connectivity index (χ0v) is 14.6. The van der Waals surface area contributed by atoms with Gasteiger partial charge in [0.25, 0.3) is 0 Å². The van der Waals surface area contributed by atoms with Crippen molar-refractivity contribution in [1.82, 2.24) is 0 Å². The zero-order valence-electron chi connectivity index (χ0n) is 13.8. The first-order valence-electron chi connectivity index (χ1n) is 7.84. The summed E-state index contributed by atoms with van der Waals surface area (Å²) in [6, 6.07) is 10.7. The molecular formula is C18H20O6S. The van der Waals surface area contributed by atoms with Crippen molar-refractivity contribution in [3.8, 4) is 11.5 Å². The lowest BCUT2D eigenvalue weighted by molar-refractivity contribution is 0.0693. The Bertz CT molecular complexity index is 840. The van der Waals surface area contributed by atoms with Gasteiger partial charge in [0.05, 0.1) is 17.3 Å². The second kappa shape index (κ2) is 8.02. The largest absolute Gasteiger partial charge is 0.507 e. The number of aryl methyl sites for hydroxylation is 1. The number of aromatic hydroxyl groups is 1. The number of rotatable bonds is 8. The number of carbonyl (C=O) groups is 1. The smallest absolute Gasteiger partial charge is 0.339 e. The molecular weight excluding hydrogens is 344 g/mol. The van der Waals surface area contributed by atoms with E-state index in [4.69, 9.17) is 9.84 Å². The maximum Gasteiger partial charge on any atom is 0.339 e. The predicted molar refractivity (Wildman–Crippen MR) is 93.1 cm³/mol. The SMILES string of the molecule is CCc1ccc(S(=O)(=O)CCCOc2ccc(C(=O)O)c(O)c2)cc1. The van der Waals surface area contributed by atoms with Crippen LogP contribution in [0.1, 0.15) is 29.3 Å². The van der Waals surface area contributed by atoms with Crippen molar-refractivity contribution in [1.29, 1.82) is 0 Å². The fourth-order valence-electron chi connectivity index (χ4n) is 2.27. The maximum absolute atomic E-state index is 12.3. The minimum absolute atomic E-state index is 0.0579. The van der Waals surface area contributed by atoms with Gasteiger partial charge in [-0.15, -0.1) is 0 Å². The van der Waals surface area contributed by atoms with Gasteiger partial charge in [0.2, 0.25) is 0 Å². The van der Waals surface area contributed by atoms with Gasteiger partial charge in [0, 0.05) is 6.07 Å². The number of hydrogen-bond acceptors (Lipinski definition) is 5. The lowest BCUT2D eigenvalue weighted by atomic mass is 10.2. The van der Waals surface area contributed by atoms with Crippen LogP contribution in [-0.4, -0.2) is 37.0 Å². The molecule has 6 nitrogen and oxygen atoms in total. The highest BCUT2D eigenvalue weighted by Gasteiger charge is 2.14. The fourth-order valence-corrected chi connectivity index (χ4v) is 3.56. The Balaban J connectivity index is 1.89. The molecule has 0 spiro atoms. The molecule has 0 aliphatic heterocycles. The molecule has 0 atom stereocenters. The molecule has 0 saturated heterocycles. The minimum Gasteiger partial charge on any atom is -0.507 e. The molecule has 0 amide bonds. The lowest BCUT2D eigenvalue weighted by Crippen LogP contribution is -2.10. The standard InChI is InChI=1S/C18H20O6S/c1-2-13-4-7-15(8-5-13)25(22,23)11-3-10-24-14-6-9-16(18(20)21)17(19)12-14/h4-9,12,19H,2-3,10-11H2,1H3,(H,20,21). The van der Waals surface area contributed by atoms with Crippen molar-refractivity contribution in [2.75, 3.05) is 12.4 Å². The Kier molecular flexibility index (Phi) is 6.03. The third-order valence-corrected chi connectivity index (χ3v) is 5.53. The molecule has 7 heteroatoms. The van der Waals surface area contributed by atoms with Crippen molar-refractivity contribution in [2.24, 2.45) is 0 Å². The molecule has 0 unspecified atom stereocenters. The van der Waals surface area contributed by atoms with Crippen LogP contribution in [0, 0.1) is 0 Å². The monoisotopic (exact) mass is 364 g/mol. The fraction of sp³-hybridized carbons (Fsp3) is 0.278. The van der Waals surface area contributed by atoms with Crippen LogP contribution in [0.3, 0.4) is 0 Å². The highest BCUT2D eigenvalue weighted by atomic mass is 32.2. The van der Waals surface area contributed by atoms with E-state index in [0.29, 0.717) is 0 Å². The Morgan fingerprint density at radius 3 is 2.36 bits per heavy atom. The molecule has 134 valence electrons. The molecule has 0 aliphatic carbocycles. The molecule has 2 aromatic rings. The van der Waals surface area contributed by atoms with Gasteiger partial charge in [0.15, 0.2) is 9.84 Å². The van der Waals surface area contributed by atoms with Crippen molar-refractivity contribution >= 4 is 15.8 Å². The minimum atomic E-state index is -3.37. The summed E-state index contributed by atoms with van der Waals surface area (Å²) >= 11 is 0. The van der Waals surface area contributed by atoms with Crippen LogP contribution in [0.15, 0.2) is 47.4 Å². The summed E-state index contributed by atoms with van der Waals surface area (Å²) in [6.07, 6.45) is 1.13. The first kappa shape index (κ1) is 18.8. The van der Waals surface area contributed by atoms with Gasteiger partial charge in [0.1, 0.15) is 17.1 Å². The maximum atomic E-state index is 12.3. The molecule has 25 heavy (non-hydrogen) atoms. The summed E-state index contributed by atoms with van der Waals surface area (Å²) in [5, 5.41) is 18.4. The van der Waals surface area contributed by atoms with Gasteiger partial charge in [-0.25, -0.2) is 13.2 Å². The van der Waals surface area contributed by atoms with Gasteiger partial charge in [-0.3, -0.25) is 0 Å². The number of carboxylic acid groups (broad SMARTS) is 1. The molecule has 2 aromatic carbocycles.